The van der Waals surface area contributed by atoms with Crippen molar-refractivity contribution in [3.8, 4) is 0 Å². The zero-order valence-electron chi connectivity index (χ0n) is 10.4. The van der Waals surface area contributed by atoms with Crippen molar-refractivity contribution in [2.24, 2.45) is 0 Å². The first-order valence-electron chi connectivity index (χ1n) is 5.77. The molecule has 0 aliphatic heterocycles. The van der Waals surface area contributed by atoms with Crippen LogP contribution in [0.25, 0.3) is 0 Å². The van der Waals surface area contributed by atoms with E-state index in [-0.39, 0.29) is 23.4 Å². The Balaban J connectivity index is 2.51. The second kappa shape index (κ2) is 5.44. The number of carbonyl (C=O) groups is 3. The lowest BCUT2D eigenvalue weighted by atomic mass is 9.90. The Hall–Kier alpha value is -2.49. The van der Waals surface area contributed by atoms with Crippen molar-refractivity contribution in [3.05, 3.63) is 59.2 Å². The first-order valence-corrected chi connectivity index (χ1v) is 5.77. The molecule has 1 aliphatic rings. The van der Waals surface area contributed by atoms with Crippen molar-refractivity contribution in [1.29, 1.82) is 0 Å². The average Bonchev–Trinajstić information content (AvgIpc) is 2.46. The highest BCUT2D eigenvalue weighted by atomic mass is 16.5. The van der Waals surface area contributed by atoms with E-state index >= 15 is 0 Å². The largest absolute Gasteiger partial charge is 0.465 e. The SMILES string of the molecule is COC(=O)C1=C(C(=O)c2ccccc2)C(=O)CC=C1. The number of Topliss-reactive ketones (excluding diaryl/α,β-unsaturated/α-hetero) is 2. The van der Waals surface area contributed by atoms with Gasteiger partial charge >= 0.3 is 5.97 Å². The minimum Gasteiger partial charge on any atom is -0.465 e. The van der Waals surface area contributed by atoms with Gasteiger partial charge in [-0.3, -0.25) is 9.59 Å². The molecule has 4 heteroatoms. The number of ether oxygens (including phenoxy) is 1. The molecule has 0 fully saturated rings. The van der Waals surface area contributed by atoms with Crippen LogP contribution in [-0.4, -0.2) is 24.6 Å². The molecule has 1 aromatic rings. The molecule has 0 saturated heterocycles. The van der Waals surface area contributed by atoms with Gasteiger partial charge in [-0.05, 0) is 0 Å². The molecule has 0 radical (unpaired) electrons. The van der Waals surface area contributed by atoms with Crippen LogP contribution in [-0.2, 0) is 14.3 Å². The maximum atomic E-state index is 12.3. The van der Waals surface area contributed by atoms with Gasteiger partial charge in [-0.25, -0.2) is 4.79 Å². The third-order valence-corrected chi connectivity index (χ3v) is 2.80. The predicted molar refractivity (Wildman–Crippen MR) is 68.6 cm³/mol. The van der Waals surface area contributed by atoms with Crippen molar-refractivity contribution in [1.82, 2.24) is 0 Å². The van der Waals surface area contributed by atoms with Crippen LogP contribution in [0, 0.1) is 0 Å². The maximum absolute atomic E-state index is 12.3. The molecule has 4 nitrogen and oxygen atoms in total. The van der Waals surface area contributed by atoms with Gasteiger partial charge in [-0.2, -0.15) is 0 Å². The number of allylic oxidation sites excluding steroid dienone is 2. The summed E-state index contributed by atoms with van der Waals surface area (Å²) in [6.45, 7) is 0. The maximum Gasteiger partial charge on any atom is 0.338 e. The van der Waals surface area contributed by atoms with Gasteiger partial charge in [-0.1, -0.05) is 42.5 Å². The van der Waals surface area contributed by atoms with E-state index in [0.717, 1.165) is 0 Å². The highest BCUT2D eigenvalue weighted by Crippen LogP contribution is 2.21. The van der Waals surface area contributed by atoms with Crippen LogP contribution in [0.4, 0.5) is 0 Å². The summed E-state index contributed by atoms with van der Waals surface area (Å²) in [5, 5.41) is 0. The summed E-state index contributed by atoms with van der Waals surface area (Å²) in [4.78, 5) is 35.8. The summed E-state index contributed by atoms with van der Waals surface area (Å²) < 4.78 is 4.60. The van der Waals surface area contributed by atoms with Crippen LogP contribution in [0.3, 0.4) is 0 Å². The standard InChI is InChI=1S/C15H12O4/c1-19-15(18)11-8-5-9-12(16)13(11)14(17)10-6-3-2-4-7-10/h2-8H,9H2,1H3. The Morgan fingerprint density at radius 2 is 1.84 bits per heavy atom. The van der Waals surface area contributed by atoms with Crippen molar-refractivity contribution in [2.75, 3.05) is 7.11 Å². The number of carbonyl (C=O) groups excluding carboxylic acids is 3. The number of hydrogen-bond donors (Lipinski definition) is 0. The van der Waals surface area contributed by atoms with E-state index in [9.17, 15) is 14.4 Å². The molecule has 0 heterocycles. The Morgan fingerprint density at radius 1 is 1.16 bits per heavy atom. The van der Waals surface area contributed by atoms with E-state index in [1.807, 2.05) is 0 Å². The zero-order chi connectivity index (χ0) is 13.8. The van der Waals surface area contributed by atoms with Crippen LogP contribution >= 0.6 is 0 Å². The fraction of sp³-hybridized carbons (Fsp3) is 0.133. The van der Waals surface area contributed by atoms with Gasteiger partial charge < -0.3 is 4.74 Å². The van der Waals surface area contributed by atoms with Crippen molar-refractivity contribution in [3.63, 3.8) is 0 Å². The molecule has 2 rings (SSSR count). The predicted octanol–water partition coefficient (Wildman–Crippen LogP) is 1.87. The van der Waals surface area contributed by atoms with Crippen LogP contribution in [0.5, 0.6) is 0 Å². The fourth-order valence-corrected chi connectivity index (χ4v) is 1.88. The number of benzene rings is 1. The number of esters is 1. The van der Waals surface area contributed by atoms with Crippen molar-refractivity contribution in [2.45, 2.75) is 6.42 Å². The average molecular weight is 256 g/mol. The summed E-state index contributed by atoms with van der Waals surface area (Å²) in [5.74, 6) is -1.49. The topological polar surface area (TPSA) is 60.4 Å². The van der Waals surface area contributed by atoms with Crippen molar-refractivity contribution < 1.29 is 19.1 Å². The molecule has 0 unspecified atom stereocenters. The second-order valence-corrected chi connectivity index (χ2v) is 4.01. The minimum absolute atomic E-state index is 0.0209. The summed E-state index contributed by atoms with van der Waals surface area (Å²) in [6, 6.07) is 8.39. The van der Waals surface area contributed by atoms with Gasteiger partial charge in [0.2, 0.25) is 0 Å². The highest BCUT2D eigenvalue weighted by molar-refractivity contribution is 6.30. The zero-order valence-corrected chi connectivity index (χ0v) is 10.4. The third-order valence-electron chi connectivity index (χ3n) is 2.80. The van der Waals surface area contributed by atoms with Crippen LogP contribution in [0.1, 0.15) is 16.8 Å². The second-order valence-electron chi connectivity index (χ2n) is 4.01. The van der Waals surface area contributed by atoms with Gasteiger partial charge in [-0.15, -0.1) is 0 Å². The van der Waals surface area contributed by atoms with E-state index < -0.39 is 11.8 Å². The molecule has 0 N–H and O–H groups in total. The van der Waals surface area contributed by atoms with Gasteiger partial charge in [0.1, 0.15) is 0 Å². The molecule has 0 bridgehead atoms. The minimum atomic E-state index is -0.677. The summed E-state index contributed by atoms with van der Waals surface area (Å²) in [7, 11) is 1.22. The quantitative estimate of drug-likeness (QED) is 0.470. The lowest BCUT2D eigenvalue weighted by molar-refractivity contribution is -0.136. The van der Waals surface area contributed by atoms with Crippen LogP contribution in [0.15, 0.2) is 53.6 Å². The van der Waals surface area contributed by atoms with Gasteiger partial charge in [0.15, 0.2) is 11.6 Å². The normalized spacial score (nSPS) is 14.5. The molecule has 1 aliphatic carbocycles. The Labute approximate surface area is 110 Å². The molecular formula is C15H12O4. The molecule has 96 valence electrons. The van der Waals surface area contributed by atoms with E-state index in [4.69, 9.17) is 0 Å². The Bertz CT molecular complexity index is 594. The summed E-state index contributed by atoms with van der Waals surface area (Å²) in [5.41, 5.74) is 0.302. The number of ketones is 2. The highest BCUT2D eigenvalue weighted by Gasteiger charge is 2.28. The summed E-state index contributed by atoms with van der Waals surface area (Å²) >= 11 is 0. The molecule has 0 amide bonds. The molecule has 0 atom stereocenters. The van der Waals surface area contributed by atoms with Crippen molar-refractivity contribution >= 4 is 17.5 Å². The Morgan fingerprint density at radius 3 is 2.47 bits per heavy atom. The molecular weight excluding hydrogens is 244 g/mol. The number of rotatable bonds is 3. The lowest BCUT2D eigenvalue weighted by Gasteiger charge is -2.12. The van der Waals surface area contributed by atoms with Gasteiger partial charge in [0.25, 0.3) is 0 Å². The van der Waals surface area contributed by atoms with Crippen LogP contribution in [0.2, 0.25) is 0 Å². The van der Waals surface area contributed by atoms with Gasteiger partial charge in [0, 0.05) is 12.0 Å². The van der Waals surface area contributed by atoms with E-state index in [2.05, 4.69) is 4.74 Å². The smallest absolute Gasteiger partial charge is 0.338 e. The third kappa shape index (κ3) is 2.52. The Kier molecular flexibility index (Phi) is 3.71. The summed E-state index contributed by atoms with van der Waals surface area (Å²) in [6.07, 6.45) is 3.13. The van der Waals surface area contributed by atoms with E-state index in [0.29, 0.717) is 5.56 Å². The first-order chi connectivity index (χ1) is 9.15. The first kappa shape index (κ1) is 13.0. The van der Waals surface area contributed by atoms with Crippen LogP contribution < -0.4 is 0 Å². The molecule has 0 spiro atoms. The monoisotopic (exact) mass is 256 g/mol. The van der Waals surface area contributed by atoms with Gasteiger partial charge in [0.05, 0.1) is 18.3 Å². The molecule has 0 saturated carbocycles. The molecule has 1 aromatic carbocycles. The lowest BCUT2D eigenvalue weighted by Crippen LogP contribution is -2.21. The number of methoxy groups -OCH3 is 1. The van der Waals surface area contributed by atoms with E-state index in [1.54, 1.807) is 36.4 Å². The molecule has 0 aromatic heterocycles. The fourth-order valence-electron chi connectivity index (χ4n) is 1.88. The van der Waals surface area contributed by atoms with E-state index in [1.165, 1.54) is 13.2 Å². The number of hydrogen-bond acceptors (Lipinski definition) is 4. The molecule has 19 heavy (non-hydrogen) atoms.